The third-order valence-electron chi connectivity index (χ3n) is 2.31. The van der Waals surface area contributed by atoms with Crippen LogP contribution in [0, 0.1) is 5.92 Å². The molecule has 6 heteroatoms. The van der Waals surface area contributed by atoms with Gasteiger partial charge in [-0.3, -0.25) is 4.79 Å². The van der Waals surface area contributed by atoms with Gasteiger partial charge in [0.15, 0.2) is 5.69 Å². The van der Waals surface area contributed by atoms with Gasteiger partial charge in [0.25, 0.3) is 5.91 Å². The number of carboxylic acids is 1. The van der Waals surface area contributed by atoms with Gasteiger partial charge in [0, 0.05) is 6.20 Å². The molecule has 98 valence electrons. The Bertz CT molecular complexity index is 445. The average molecular weight is 252 g/mol. The Balaban J connectivity index is 2.79. The number of carbonyl (C=O) groups excluding carboxylic acids is 1. The van der Waals surface area contributed by atoms with Gasteiger partial charge in [-0.05, 0) is 24.5 Å². The van der Waals surface area contributed by atoms with Crippen molar-refractivity contribution in [3.63, 3.8) is 0 Å². The number of amides is 1. The van der Waals surface area contributed by atoms with Crippen LogP contribution in [0.2, 0.25) is 0 Å². The van der Waals surface area contributed by atoms with Crippen LogP contribution in [-0.4, -0.2) is 33.1 Å². The van der Waals surface area contributed by atoms with Crippen LogP contribution < -0.4 is 5.32 Å². The fourth-order valence-corrected chi connectivity index (χ4v) is 1.49. The number of pyridine rings is 1. The number of nitrogens with one attached hydrogen (secondary N) is 1. The van der Waals surface area contributed by atoms with Crippen LogP contribution in [0.1, 0.15) is 30.8 Å². The van der Waals surface area contributed by atoms with Gasteiger partial charge in [-0.2, -0.15) is 0 Å². The third-order valence-corrected chi connectivity index (χ3v) is 2.31. The van der Waals surface area contributed by atoms with Crippen molar-refractivity contribution in [2.75, 3.05) is 0 Å². The number of aliphatic carboxylic acids is 1. The second-order valence-corrected chi connectivity index (χ2v) is 4.36. The highest BCUT2D eigenvalue weighted by Crippen LogP contribution is 2.13. The number of aromatic nitrogens is 1. The summed E-state index contributed by atoms with van der Waals surface area (Å²) in [7, 11) is 0. The molecule has 0 saturated carbocycles. The van der Waals surface area contributed by atoms with Crippen molar-refractivity contribution in [2.45, 2.75) is 26.3 Å². The van der Waals surface area contributed by atoms with E-state index in [1.54, 1.807) is 0 Å². The van der Waals surface area contributed by atoms with E-state index in [2.05, 4.69) is 10.3 Å². The second kappa shape index (κ2) is 6.00. The summed E-state index contributed by atoms with van der Waals surface area (Å²) in [5.41, 5.74) is -0.174. The lowest BCUT2D eigenvalue weighted by Crippen LogP contribution is -2.41. The van der Waals surface area contributed by atoms with Crippen molar-refractivity contribution in [1.82, 2.24) is 10.3 Å². The summed E-state index contributed by atoms with van der Waals surface area (Å²) < 4.78 is 0. The Morgan fingerprint density at radius 1 is 1.44 bits per heavy atom. The Morgan fingerprint density at radius 3 is 2.61 bits per heavy atom. The molecule has 1 unspecified atom stereocenters. The number of nitrogens with zero attached hydrogens (tertiary/aromatic N) is 1. The smallest absolute Gasteiger partial charge is 0.326 e. The fourth-order valence-electron chi connectivity index (χ4n) is 1.49. The number of hydrogen-bond donors (Lipinski definition) is 3. The minimum Gasteiger partial charge on any atom is -0.505 e. The summed E-state index contributed by atoms with van der Waals surface area (Å²) in [5, 5.41) is 20.8. The molecule has 0 saturated heterocycles. The second-order valence-electron chi connectivity index (χ2n) is 4.36. The summed E-state index contributed by atoms with van der Waals surface area (Å²) in [6, 6.07) is 1.81. The first-order chi connectivity index (χ1) is 8.41. The molecule has 0 bridgehead atoms. The molecule has 3 N–H and O–H groups in total. The molecule has 6 nitrogen and oxygen atoms in total. The quantitative estimate of drug-likeness (QED) is 0.726. The van der Waals surface area contributed by atoms with Crippen LogP contribution in [0.15, 0.2) is 18.3 Å². The summed E-state index contributed by atoms with van der Waals surface area (Å²) in [6.07, 6.45) is 1.67. The zero-order valence-electron chi connectivity index (χ0n) is 10.3. The van der Waals surface area contributed by atoms with Crippen molar-refractivity contribution < 1.29 is 19.8 Å². The summed E-state index contributed by atoms with van der Waals surface area (Å²) in [6.45, 7) is 3.72. The standard InChI is InChI=1S/C12H16N2O4/c1-7(2)6-8(12(17)18)14-11(16)10-9(15)4-3-5-13-10/h3-5,7-8,15H,6H2,1-2H3,(H,14,16)(H,17,18). The largest absolute Gasteiger partial charge is 0.505 e. The number of carboxylic acid groups (broad SMARTS) is 1. The molecule has 1 aromatic heterocycles. The highest BCUT2D eigenvalue weighted by molar-refractivity contribution is 5.97. The van der Waals surface area contributed by atoms with Crippen molar-refractivity contribution >= 4 is 11.9 Å². The van der Waals surface area contributed by atoms with E-state index in [1.807, 2.05) is 13.8 Å². The Hall–Kier alpha value is -2.11. The maximum Gasteiger partial charge on any atom is 0.326 e. The van der Waals surface area contributed by atoms with Crippen LogP contribution in [0.5, 0.6) is 5.75 Å². The highest BCUT2D eigenvalue weighted by Gasteiger charge is 2.23. The molecule has 0 aromatic carbocycles. The minimum atomic E-state index is -1.10. The van der Waals surface area contributed by atoms with Crippen molar-refractivity contribution in [3.05, 3.63) is 24.0 Å². The summed E-state index contributed by atoms with van der Waals surface area (Å²) in [4.78, 5) is 26.5. The Morgan fingerprint density at radius 2 is 2.11 bits per heavy atom. The van der Waals surface area contributed by atoms with Gasteiger partial charge in [-0.25, -0.2) is 9.78 Å². The SMILES string of the molecule is CC(C)CC(NC(=O)c1ncccc1O)C(=O)O. The van der Waals surface area contributed by atoms with Crippen LogP contribution in [0.3, 0.4) is 0 Å². The monoisotopic (exact) mass is 252 g/mol. The van der Waals surface area contributed by atoms with E-state index >= 15 is 0 Å². The average Bonchev–Trinajstić information content (AvgIpc) is 2.27. The Kier molecular flexibility index (Phi) is 4.65. The molecule has 0 spiro atoms. The van der Waals surface area contributed by atoms with Gasteiger partial charge >= 0.3 is 5.97 Å². The van der Waals surface area contributed by atoms with Gasteiger partial charge in [0.1, 0.15) is 11.8 Å². The molecule has 0 fully saturated rings. The molecule has 0 aliphatic heterocycles. The minimum absolute atomic E-state index is 0.128. The van der Waals surface area contributed by atoms with E-state index in [0.717, 1.165) is 0 Å². The topological polar surface area (TPSA) is 99.5 Å². The third kappa shape index (κ3) is 3.73. The van der Waals surface area contributed by atoms with Crippen molar-refractivity contribution in [1.29, 1.82) is 0 Å². The highest BCUT2D eigenvalue weighted by atomic mass is 16.4. The van der Waals surface area contributed by atoms with Gasteiger partial charge in [0.05, 0.1) is 0 Å². The van der Waals surface area contributed by atoms with Crippen LogP contribution in [0.4, 0.5) is 0 Å². The lowest BCUT2D eigenvalue weighted by molar-refractivity contribution is -0.139. The lowest BCUT2D eigenvalue weighted by Gasteiger charge is -2.16. The first-order valence-corrected chi connectivity index (χ1v) is 5.59. The molecule has 1 rings (SSSR count). The maximum absolute atomic E-state index is 11.8. The Labute approximate surface area is 105 Å². The van der Waals surface area contributed by atoms with Crippen LogP contribution in [0.25, 0.3) is 0 Å². The molecule has 0 aliphatic rings. The zero-order chi connectivity index (χ0) is 13.7. The number of rotatable bonds is 5. The van der Waals surface area contributed by atoms with Gasteiger partial charge in [-0.1, -0.05) is 13.8 Å². The molecule has 0 aliphatic carbocycles. The zero-order valence-corrected chi connectivity index (χ0v) is 10.3. The van der Waals surface area contributed by atoms with Gasteiger partial charge < -0.3 is 15.5 Å². The molecule has 1 amide bonds. The van der Waals surface area contributed by atoms with E-state index in [0.29, 0.717) is 6.42 Å². The molecule has 18 heavy (non-hydrogen) atoms. The molecule has 1 aromatic rings. The van der Waals surface area contributed by atoms with Crippen LogP contribution in [-0.2, 0) is 4.79 Å². The van der Waals surface area contributed by atoms with Crippen molar-refractivity contribution in [3.8, 4) is 5.75 Å². The molecular weight excluding hydrogens is 236 g/mol. The maximum atomic E-state index is 11.8. The van der Waals surface area contributed by atoms with E-state index < -0.39 is 17.9 Å². The fraction of sp³-hybridized carbons (Fsp3) is 0.417. The lowest BCUT2D eigenvalue weighted by atomic mass is 10.0. The van der Waals surface area contributed by atoms with E-state index in [9.17, 15) is 14.7 Å². The molecule has 1 atom stereocenters. The first kappa shape index (κ1) is 14.0. The predicted molar refractivity (Wildman–Crippen MR) is 64.2 cm³/mol. The summed E-state index contributed by atoms with van der Waals surface area (Å²) in [5.74, 6) is -1.94. The number of aromatic hydroxyl groups is 1. The van der Waals surface area contributed by atoms with E-state index in [4.69, 9.17) is 5.11 Å². The van der Waals surface area contributed by atoms with Crippen LogP contribution >= 0.6 is 0 Å². The van der Waals surface area contributed by atoms with E-state index in [-0.39, 0.29) is 17.4 Å². The molecule has 0 radical (unpaired) electrons. The number of carbonyl (C=O) groups is 2. The van der Waals surface area contributed by atoms with Crippen molar-refractivity contribution in [2.24, 2.45) is 5.92 Å². The van der Waals surface area contributed by atoms with Gasteiger partial charge in [0.2, 0.25) is 0 Å². The summed E-state index contributed by atoms with van der Waals surface area (Å²) >= 11 is 0. The van der Waals surface area contributed by atoms with E-state index in [1.165, 1.54) is 18.3 Å². The molecule has 1 heterocycles. The first-order valence-electron chi connectivity index (χ1n) is 5.59. The number of hydrogen-bond acceptors (Lipinski definition) is 4. The molecular formula is C12H16N2O4. The predicted octanol–water partition coefficient (Wildman–Crippen LogP) is 1.02. The normalized spacial score (nSPS) is 12.2. The van der Waals surface area contributed by atoms with Gasteiger partial charge in [-0.15, -0.1) is 0 Å².